The van der Waals surface area contributed by atoms with E-state index in [1.807, 2.05) is 18.7 Å². The molecule has 94 valence electrons. The first kappa shape index (κ1) is 13.5. The van der Waals surface area contributed by atoms with Gasteiger partial charge in [0.25, 0.3) is 5.91 Å². The number of hydrogen-bond donors (Lipinski definition) is 1. The summed E-state index contributed by atoms with van der Waals surface area (Å²) >= 11 is 0. The number of nitrogens with zero attached hydrogens (tertiary/aromatic N) is 1. The third-order valence-electron chi connectivity index (χ3n) is 3.56. The van der Waals surface area contributed by atoms with E-state index in [1.54, 1.807) is 7.11 Å². The van der Waals surface area contributed by atoms with Crippen LogP contribution in [0.3, 0.4) is 0 Å². The van der Waals surface area contributed by atoms with Crippen molar-refractivity contribution in [2.24, 2.45) is 5.73 Å². The lowest BCUT2D eigenvalue weighted by atomic mass is 9.93. The van der Waals surface area contributed by atoms with Gasteiger partial charge in [0.15, 0.2) is 0 Å². The Labute approximate surface area is 98.1 Å². The highest BCUT2D eigenvalue weighted by Crippen LogP contribution is 2.26. The highest BCUT2D eigenvalue weighted by atomic mass is 16.5. The molecule has 0 aromatic carbocycles. The summed E-state index contributed by atoms with van der Waals surface area (Å²) in [5.74, 6) is 0.0534. The minimum absolute atomic E-state index is 0.0534. The number of hydrogen-bond acceptors (Lipinski definition) is 3. The van der Waals surface area contributed by atoms with Gasteiger partial charge in [-0.05, 0) is 40.0 Å². The topological polar surface area (TPSA) is 55.6 Å². The number of likely N-dealkylation sites (tertiary alicyclic amines) is 1. The quantitative estimate of drug-likeness (QED) is 0.788. The van der Waals surface area contributed by atoms with Gasteiger partial charge in [-0.15, -0.1) is 0 Å². The molecule has 0 aromatic rings. The Morgan fingerprint density at radius 1 is 1.50 bits per heavy atom. The van der Waals surface area contributed by atoms with E-state index in [4.69, 9.17) is 10.5 Å². The van der Waals surface area contributed by atoms with E-state index in [0.717, 1.165) is 19.3 Å². The van der Waals surface area contributed by atoms with Gasteiger partial charge in [-0.1, -0.05) is 0 Å². The molecular weight excluding hydrogens is 204 g/mol. The second-order valence-electron chi connectivity index (χ2n) is 5.10. The maximum absolute atomic E-state index is 12.4. The molecule has 16 heavy (non-hydrogen) atoms. The second kappa shape index (κ2) is 5.15. The van der Waals surface area contributed by atoms with E-state index in [9.17, 15) is 4.79 Å². The number of ether oxygens (including phenoxy) is 1. The van der Waals surface area contributed by atoms with E-state index in [1.165, 1.54) is 0 Å². The molecule has 0 radical (unpaired) electrons. The Morgan fingerprint density at radius 2 is 2.12 bits per heavy atom. The summed E-state index contributed by atoms with van der Waals surface area (Å²) in [6.45, 7) is 6.25. The van der Waals surface area contributed by atoms with Gasteiger partial charge in [0.2, 0.25) is 0 Å². The Hall–Kier alpha value is -0.610. The Kier molecular flexibility index (Phi) is 4.33. The van der Waals surface area contributed by atoms with Gasteiger partial charge in [-0.3, -0.25) is 4.79 Å². The molecule has 2 atom stereocenters. The zero-order valence-electron chi connectivity index (χ0n) is 10.8. The molecule has 0 saturated carbocycles. The van der Waals surface area contributed by atoms with Crippen LogP contribution < -0.4 is 5.73 Å². The van der Waals surface area contributed by atoms with Gasteiger partial charge in [0.1, 0.15) is 5.60 Å². The maximum Gasteiger partial charge on any atom is 0.254 e. The molecule has 0 bridgehead atoms. The molecule has 0 aromatic heterocycles. The average molecular weight is 228 g/mol. The van der Waals surface area contributed by atoms with Crippen LogP contribution >= 0.6 is 0 Å². The van der Waals surface area contributed by atoms with Crippen molar-refractivity contribution in [3.63, 3.8) is 0 Å². The molecule has 4 nitrogen and oxygen atoms in total. The summed E-state index contributed by atoms with van der Waals surface area (Å²) in [6, 6.07) is 0.440. The Balaban J connectivity index is 2.85. The fraction of sp³-hybridized carbons (Fsp3) is 0.917. The van der Waals surface area contributed by atoms with Gasteiger partial charge in [0, 0.05) is 25.7 Å². The normalized spacial score (nSPS) is 26.9. The average Bonchev–Trinajstić information content (AvgIpc) is 2.27. The number of carbonyl (C=O) groups excluding carboxylic acids is 1. The number of rotatable bonds is 3. The van der Waals surface area contributed by atoms with Crippen LogP contribution in [0.4, 0.5) is 0 Å². The van der Waals surface area contributed by atoms with Gasteiger partial charge in [-0.2, -0.15) is 0 Å². The lowest BCUT2D eigenvalue weighted by Gasteiger charge is -2.43. The lowest BCUT2D eigenvalue weighted by Crippen LogP contribution is -2.57. The molecule has 1 aliphatic rings. The molecule has 1 aliphatic heterocycles. The van der Waals surface area contributed by atoms with Crippen molar-refractivity contribution < 1.29 is 9.53 Å². The standard InChI is InChI=1S/C12H24N2O2/c1-9-6-5-7-10(8-13)14(9)11(15)12(2,3)16-4/h9-10H,5-8,13H2,1-4H3. The van der Waals surface area contributed by atoms with Crippen molar-refractivity contribution in [3.8, 4) is 0 Å². The van der Waals surface area contributed by atoms with Crippen LogP contribution in [0.25, 0.3) is 0 Å². The van der Waals surface area contributed by atoms with E-state index in [2.05, 4.69) is 6.92 Å². The summed E-state index contributed by atoms with van der Waals surface area (Å²) in [4.78, 5) is 14.3. The van der Waals surface area contributed by atoms with Crippen molar-refractivity contribution >= 4 is 5.91 Å². The van der Waals surface area contributed by atoms with Gasteiger partial charge in [0.05, 0.1) is 0 Å². The minimum Gasteiger partial charge on any atom is -0.369 e. The maximum atomic E-state index is 12.4. The monoisotopic (exact) mass is 228 g/mol. The number of piperidine rings is 1. The molecule has 0 aliphatic carbocycles. The third-order valence-corrected chi connectivity index (χ3v) is 3.56. The van der Waals surface area contributed by atoms with E-state index in [0.29, 0.717) is 6.54 Å². The van der Waals surface area contributed by atoms with Crippen molar-refractivity contribution in [1.82, 2.24) is 4.90 Å². The first-order chi connectivity index (χ1) is 7.44. The lowest BCUT2D eigenvalue weighted by molar-refractivity contribution is -0.157. The van der Waals surface area contributed by atoms with Crippen LogP contribution in [-0.2, 0) is 9.53 Å². The van der Waals surface area contributed by atoms with E-state index in [-0.39, 0.29) is 18.0 Å². The molecule has 0 spiro atoms. The van der Waals surface area contributed by atoms with Crippen LogP contribution in [0.15, 0.2) is 0 Å². The fourth-order valence-corrected chi connectivity index (χ4v) is 2.28. The highest BCUT2D eigenvalue weighted by molar-refractivity contribution is 5.85. The predicted octanol–water partition coefficient (Wildman–Crippen LogP) is 1.14. The predicted molar refractivity (Wildman–Crippen MR) is 64.1 cm³/mol. The van der Waals surface area contributed by atoms with Crippen molar-refractivity contribution in [2.45, 2.75) is 57.7 Å². The number of methoxy groups -OCH3 is 1. The zero-order valence-corrected chi connectivity index (χ0v) is 10.8. The van der Waals surface area contributed by atoms with Crippen LogP contribution in [0.2, 0.25) is 0 Å². The van der Waals surface area contributed by atoms with Crippen molar-refractivity contribution in [1.29, 1.82) is 0 Å². The second-order valence-corrected chi connectivity index (χ2v) is 5.10. The van der Waals surface area contributed by atoms with Gasteiger partial charge in [-0.25, -0.2) is 0 Å². The molecule has 1 heterocycles. The summed E-state index contributed by atoms with van der Waals surface area (Å²) in [6.07, 6.45) is 3.22. The zero-order chi connectivity index (χ0) is 12.3. The SMILES string of the molecule is COC(C)(C)C(=O)N1C(C)CCCC1CN. The number of carbonyl (C=O) groups is 1. The molecule has 4 heteroatoms. The van der Waals surface area contributed by atoms with Crippen molar-refractivity contribution in [3.05, 3.63) is 0 Å². The molecule has 1 fully saturated rings. The summed E-state index contributed by atoms with van der Waals surface area (Å²) < 4.78 is 5.26. The van der Waals surface area contributed by atoms with Crippen LogP contribution in [0, 0.1) is 0 Å². The largest absolute Gasteiger partial charge is 0.369 e. The first-order valence-electron chi connectivity index (χ1n) is 6.02. The van der Waals surface area contributed by atoms with Crippen LogP contribution in [0.1, 0.15) is 40.0 Å². The number of amides is 1. The molecule has 1 amide bonds. The van der Waals surface area contributed by atoms with Crippen molar-refractivity contribution in [2.75, 3.05) is 13.7 Å². The molecule has 2 N–H and O–H groups in total. The first-order valence-corrected chi connectivity index (χ1v) is 6.02. The van der Waals surface area contributed by atoms with Crippen LogP contribution in [-0.4, -0.2) is 42.1 Å². The highest BCUT2D eigenvalue weighted by Gasteiger charge is 2.39. The Morgan fingerprint density at radius 3 is 2.62 bits per heavy atom. The van der Waals surface area contributed by atoms with Crippen LogP contribution in [0.5, 0.6) is 0 Å². The smallest absolute Gasteiger partial charge is 0.254 e. The van der Waals surface area contributed by atoms with Gasteiger partial charge >= 0.3 is 0 Å². The molecular formula is C12H24N2O2. The Bertz CT molecular complexity index is 253. The third kappa shape index (κ3) is 2.55. The van der Waals surface area contributed by atoms with E-state index >= 15 is 0 Å². The fourth-order valence-electron chi connectivity index (χ4n) is 2.28. The number of nitrogens with two attached hydrogens (primary N) is 1. The van der Waals surface area contributed by atoms with E-state index < -0.39 is 5.60 Å². The molecule has 1 rings (SSSR count). The summed E-state index contributed by atoms with van der Waals surface area (Å²) in [7, 11) is 1.57. The minimum atomic E-state index is -0.751. The van der Waals surface area contributed by atoms with Gasteiger partial charge < -0.3 is 15.4 Å². The molecule has 2 unspecified atom stereocenters. The molecule has 1 saturated heterocycles. The summed E-state index contributed by atoms with van der Waals surface area (Å²) in [5, 5.41) is 0. The summed E-state index contributed by atoms with van der Waals surface area (Å²) in [5.41, 5.74) is 4.99.